The van der Waals surface area contributed by atoms with Crippen LogP contribution in [0.2, 0.25) is 5.22 Å². The SMILES string of the molecule is CS(=O)(=O)NC[C@H]1CCCCN1C(=O)c1ccc(Cl)o1. The molecule has 1 aliphatic rings. The molecular formula is C12H17ClN2O4S. The van der Waals surface area contributed by atoms with Gasteiger partial charge in [-0.15, -0.1) is 0 Å². The van der Waals surface area contributed by atoms with Crippen LogP contribution in [-0.4, -0.2) is 44.6 Å². The third kappa shape index (κ3) is 3.97. The fourth-order valence-corrected chi connectivity index (χ4v) is 2.94. The zero-order chi connectivity index (χ0) is 14.8. The Kier molecular flexibility index (Phi) is 4.72. The van der Waals surface area contributed by atoms with Gasteiger partial charge in [0.15, 0.2) is 11.0 Å². The van der Waals surface area contributed by atoms with Crippen molar-refractivity contribution in [1.29, 1.82) is 0 Å². The van der Waals surface area contributed by atoms with Crippen molar-refractivity contribution in [3.8, 4) is 0 Å². The van der Waals surface area contributed by atoms with Gasteiger partial charge in [0.1, 0.15) is 0 Å². The van der Waals surface area contributed by atoms with Crippen molar-refractivity contribution in [3.05, 3.63) is 23.1 Å². The van der Waals surface area contributed by atoms with E-state index in [2.05, 4.69) is 4.72 Å². The highest BCUT2D eigenvalue weighted by Gasteiger charge is 2.29. The van der Waals surface area contributed by atoms with Crippen LogP contribution in [0.4, 0.5) is 0 Å². The summed E-state index contributed by atoms with van der Waals surface area (Å²) < 4.78 is 29.9. The van der Waals surface area contributed by atoms with Gasteiger partial charge in [0.2, 0.25) is 10.0 Å². The molecule has 1 atom stereocenters. The zero-order valence-corrected chi connectivity index (χ0v) is 12.7. The number of amides is 1. The predicted octanol–water partition coefficient (Wildman–Crippen LogP) is 1.48. The molecule has 0 saturated carbocycles. The fourth-order valence-electron chi connectivity index (χ4n) is 2.30. The van der Waals surface area contributed by atoms with Crippen LogP contribution in [-0.2, 0) is 10.0 Å². The number of hydrogen-bond acceptors (Lipinski definition) is 4. The van der Waals surface area contributed by atoms with Gasteiger partial charge in [0.25, 0.3) is 5.91 Å². The topological polar surface area (TPSA) is 79.6 Å². The molecule has 0 aliphatic carbocycles. The Bertz CT molecular complexity index is 584. The van der Waals surface area contributed by atoms with Gasteiger partial charge < -0.3 is 9.32 Å². The van der Waals surface area contributed by atoms with E-state index in [4.69, 9.17) is 16.0 Å². The molecule has 2 heterocycles. The van der Waals surface area contributed by atoms with Gasteiger partial charge in [-0.25, -0.2) is 13.1 Å². The van der Waals surface area contributed by atoms with Crippen LogP contribution in [0.3, 0.4) is 0 Å². The molecule has 2 rings (SSSR count). The number of nitrogens with one attached hydrogen (secondary N) is 1. The van der Waals surface area contributed by atoms with Crippen LogP contribution >= 0.6 is 11.6 Å². The molecule has 0 bridgehead atoms. The second-order valence-corrected chi connectivity index (χ2v) is 7.08. The Morgan fingerprint density at radius 1 is 1.50 bits per heavy atom. The van der Waals surface area contributed by atoms with Gasteiger partial charge >= 0.3 is 0 Å². The molecule has 1 amide bonds. The van der Waals surface area contributed by atoms with E-state index >= 15 is 0 Å². The standard InChI is InChI=1S/C12H17ClN2O4S/c1-20(17,18)14-8-9-4-2-3-7-15(9)12(16)10-5-6-11(13)19-10/h5-6,9,14H,2-4,7-8H2,1H3/t9-/m1/s1. The number of carbonyl (C=O) groups excluding carboxylic acids is 1. The summed E-state index contributed by atoms with van der Waals surface area (Å²) in [6.07, 6.45) is 3.74. The number of likely N-dealkylation sites (tertiary alicyclic amines) is 1. The minimum atomic E-state index is -3.27. The minimum Gasteiger partial charge on any atom is -0.440 e. The van der Waals surface area contributed by atoms with Gasteiger partial charge in [-0.1, -0.05) is 0 Å². The summed E-state index contributed by atoms with van der Waals surface area (Å²) in [5.41, 5.74) is 0. The largest absolute Gasteiger partial charge is 0.440 e. The lowest BCUT2D eigenvalue weighted by Gasteiger charge is -2.35. The molecule has 1 N–H and O–H groups in total. The lowest BCUT2D eigenvalue weighted by atomic mass is 10.0. The Morgan fingerprint density at radius 2 is 2.25 bits per heavy atom. The molecule has 1 fully saturated rings. The summed E-state index contributed by atoms with van der Waals surface area (Å²) in [5.74, 6) is -0.0712. The molecular weight excluding hydrogens is 304 g/mol. The summed E-state index contributed by atoms with van der Waals surface area (Å²) in [6, 6.07) is 2.89. The molecule has 1 aliphatic heterocycles. The fraction of sp³-hybridized carbons (Fsp3) is 0.583. The van der Waals surface area contributed by atoms with Crippen molar-refractivity contribution in [1.82, 2.24) is 9.62 Å². The van der Waals surface area contributed by atoms with Crippen molar-refractivity contribution in [2.45, 2.75) is 25.3 Å². The van der Waals surface area contributed by atoms with E-state index in [1.165, 1.54) is 12.1 Å². The number of furan rings is 1. The number of carbonyl (C=O) groups is 1. The molecule has 0 spiro atoms. The Labute approximate surface area is 123 Å². The van der Waals surface area contributed by atoms with Crippen LogP contribution in [0.25, 0.3) is 0 Å². The van der Waals surface area contributed by atoms with Crippen molar-refractivity contribution in [3.63, 3.8) is 0 Å². The van der Waals surface area contributed by atoms with Crippen LogP contribution in [0.1, 0.15) is 29.8 Å². The molecule has 1 aromatic heterocycles. The maximum atomic E-state index is 12.3. The first-order valence-corrected chi connectivity index (χ1v) is 8.65. The Balaban J connectivity index is 2.08. The molecule has 0 unspecified atom stereocenters. The molecule has 0 aromatic carbocycles. The number of nitrogens with zero attached hydrogens (tertiary/aromatic N) is 1. The lowest BCUT2D eigenvalue weighted by molar-refractivity contribution is 0.0586. The second kappa shape index (κ2) is 6.15. The van der Waals surface area contributed by atoms with Gasteiger partial charge in [-0.3, -0.25) is 4.79 Å². The normalized spacial score (nSPS) is 20.1. The Morgan fingerprint density at radius 3 is 2.85 bits per heavy atom. The summed E-state index contributed by atoms with van der Waals surface area (Å²) in [7, 11) is -3.27. The van der Waals surface area contributed by atoms with E-state index in [0.29, 0.717) is 6.54 Å². The van der Waals surface area contributed by atoms with E-state index in [9.17, 15) is 13.2 Å². The molecule has 6 nitrogen and oxygen atoms in total. The van der Waals surface area contributed by atoms with Gasteiger partial charge in [-0.05, 0) is 43.0 Å². The van der Waals surface area contributed by atoms with Crippen molar-refractivity contribution in [2.24, 2.45) is 0 Å². The number of sulfonamides is 1. The maximum absolute atomic E-state index is 12.3. The van der Waals surface area contributed by atoms with Crippen LogP contribution < -0.4 is 4.72 Å². The van der Waals surface area contributed by atoms with Gasteiger partial charge in [0, 0.05) is 19.1 Å². The summed E-state index contributed by atoms with van der Waals surface area (Å²) in [4.78, 5) is 14.0. The van der Waals surface area contributed by atoms with Gasteiger partial charge in [-0.2, -0.15) is 0 Å². The highest BCUT2D eigenvalue weighted by atomic mass is 35.5. The molecule has 1 aromatic rings. The van der Waals surface area contributed by atoms with Crippen molar-refractivity contribution >= 4 is 27.5 Å². The third-order valence-corrected chi connectivity index (χ3v) is 4.15. The van der Waals surface area contributed by atoms with Crippen LogP contribution in [0, 0.1) is 0 Å². The molecule has 8 heteroatoms. The predicted molar refractivity (Wildman–Crippen MR) is 75.2 cm³/mol. The second-order valence-electron chi connectivity index (χ2n) is 4.87. The molecule has 20 heavy (non-hydrogen) atoms. The third-order valence-electron chi connectivity index (χ3n) is 3.25. The number of halogens is 1. The van der Waals surface area contributed by atoms with E-state index < -0.39 is 10.0 Å². The average molecular weight is 321 g/mol. The monoisotopic (exact) mass is 320 g/mol. The number of hydrogen-bond donors (Lipinski definition) is 1. The minimum absolute atomic E-state index is 0.158. The van der Waals surface area contributed by atoms with Crippen molar-refractivity contribution < 1.29 is 17.6 Å². The van der Waals surface area contributed by atoms with Crippen LogP contribution in [0.15, 0.2) is 16.5 Å². The first kappa shape index (κ1) is 15.3. The smallest absolute Gasteiger partial charge is 0.289 e. The maximum Gasteiger partial charge on any atom is 0.289 e. The Hall–Kier alpha value is -1.05. The van der Waals surface area contributed by atoms with E-state index in [1.807, 2.05) is 0 Å². The highest BCUT2D eigenvalue weighted by molar-refractivity contribution is 7.88. The summed E-state index contributed by atoms with van der Waals surface area (Å²) in [5, 5.41) is 0.163. The molecule has 112 valence electrons. The lowest BCUT2D eigenvalue weighted by Crippen LogP contribution is -2.49. The first-order chi connectivity index (χ1) is 9.37. The quantitative estimate of drug-likeness (QED) is 0.911. The molecule has 0 radical (unpaired) electrons. The first-order valence-electron chi connectivity index (χ1n) is 6.38. The molecule has 1 saturated heterocycles. The van der Waals surface area contributed by atoms with Crippen molar-refractivity contribution in [2.75, 3.05) is 19.3 Å². The zero-order valence-electron chi connectivity index (χ0n) is 11.1. The highest BCUT2D eigenvalue weighted by Crippen LogP contribution is 2.21. The van der Waals surface area contributed by atoms with E-state index in [-0.39, 0.29) is 29.5 Å². The van der Waals surface area contributed by atoms with E-state index in [1.54, 1.807) is 4.90 Å². The van der Waals surface area contributed by atoms with E-state index in [0.717, 1.165) is 25.5 Å². The number of piperidine rings is 1. The van der Waals surface area contributed by atoms with Gasteiger partial charge in [0.05, 0.1) is 6.26 Å². The summed E-state index contributed by atoms with van der Waals surface area (Å²) >= 11 is 5.67. The number of rotatable bonds is 4. The average Bonchev–Trinajstić information content (AvgIpc) is 2.82. The summed E-state index contributed by atoms with van der Waals surface area (Å²) in [6.45, 7) is 0.812. The van der Waals surface area contributed by atoms with Crippen LogP contribution in [0.5, 0.6) is 0 Å².